The summed E-state index contributed by atoms with van der Waals surface area (Å²) in [6.07, 6.45) is 1.45. The van der Waals surface area contributed by atoms with Crippen LogP contribution >= 0.6 is 0 Å². The van der Waals surface area contributed by atoms with Crippen molar-refractivity contribution in [3.05, 3.63) is 84.4 Å². The number of hydrogen-bond donors (Lipinski definition) is 1. The first kappa shape index (κ1) is 27.2. The predicted octanol–water partition coefficient (Wildman–Crippen LogP) is 3.67. The lowest BCUT2D eigenvalue weighted by Gasteiger charge is -2.28. The molecule has 0 aliphatic carbocycles. The van der Waals surface area contributed by atoms with E-state index in [0.717, 1.165) is 42.5 Å². The summed E-state index contributed by atoms with van der Waals surface area (Å²) < 4.78 is 39.0. The van der Waals surface area contributed by atoms with Crippen LogP contribution < -0.4 is 19.2 Å². The van der Waals surface area contributed by atoms with Crippen LogP contribution in [0.2, 0.25) is 0 Å². The lowest BCUT2D eigenvalue weighted by molar-refractivity contribution is -0.119. The van der Waals surface area contributed by atoms with Gasteiger partial charge in [0.05, 0.1) is 24.8 Å². The zero-order valence-electron chi connectivity index (χ0n) is 21.5. The Morgan fingerprint density at radius 1 is 0.947 bits per heavy atom. The molecule has 1 N–H and O–H groups in total. The van der Waals surface area contributed by atoms with Gasteiger partial charge in [-0.25, -0.2) is 13.8 Å². The van der Waals surface area contributed by atoms with Crippen molar-refractivity contribution in [1.82, 2.24) is 10.3 Å². The fraction of sp³-hybridized carbons (Fsp3) is 0.286. The quantitative estimate of drug-likeness (QED) is 0.397. The summed E-state index contributed by atoms with van der Waals surface area (Å²) in [5.74, 6) is 0.153. The third-order valence-corrected chi connectivity index (χ3v) is 8.07. The number of carbonyl (C=O) groups is 1. The van der Waals surface area contributed by atoms with E-state index in [2.05, 4.69) is 27.6 Å². The van der Waals surface area contributed by atoms with Gasteiger partial charge in [0.2, 0.25) is 0 Å². The van der Waals surface area contributed by atoms with Crippen molar-refractivity contribution in [2.24, 2.45) is 5.10 Å². The Balaban J connectivity index is 1.48. The maximum atomic E-state index is 13.6. The summed E-state index contributed by atoms with van der Waals surface area (Å²) >= 11 is 0. The number of piperidine rings is 1. The van der Waals surface area contributed by atoms with E-state index < -0.39 is 22.5 Å². The van der Waals surface area contributed by atoms with Crippen LogP contribution in [-0.2, 0) is 21.4 Å². The van der Waals surface area contributed by atoms with E-state index in [0.29, 0.717) is 5.75 Å². The molecule has 0 saturated carbocycles. The maximum absolute atomic E-state index is 13.6. The molecule has 0 atom stereocenters. The number of anilines is 1. The van der Waals surface area contributed by atoms with Crippen LogP contribution in [0, 0.1) is 0 Å². The van der Waals surface area contributed by atoms with Crippen molar-refractivity contribution in [2.75, 3.05) is 38.2 Å². The van der Waals surface area contributed by atoms with Gasteiger partial charge in [-0.2, -0.15) is 5.10 Å². The number of hydrogen-bond acceptors (Lipinski definition) is 7. The van der Waals surface area contributed by atoms with Gasteiger partial charge in [-0.3, -0.25) is 14.0 Å². The van der Waals surface area contributed by atoms with Gasteiger partial charge in [0.25, 0.3) is 15.9 Å². The molecule has 0 bridgehead atoms. The second kappa shape index (κ2) is 12.6. The molecule has 38 heavy (non-hydrogen) atoms. The minimum Gasteiger partial charge on any atom is -0.497 e. The van der Waals surface area contributed by atoms with Crippen molar-refractivity contribution in [1.29, 1.82) is 0 Å². The highest BCUT2D eigenvalue weighted by atomic mass is 32.2. The van der Waals surface area contributed by atoms with E-state index in [9.17, 15) is 13.2 Å². The summed E-state index contributed by atoms with van der Waals surface area (Å²) in [4.78, 5) is 15.4. The van der Waals surface area contributed by atoms with Gasteiger partial charge in [-0.15, -0.1) is 0 Å². The summed E-state index contributed by atoms with van der Waals surface area (Å²) in [5.41, 5.74) is 4.88. The molecule has 10 heteroatoms. The molecule has 200 valence electrons. The SMILES string of the molecule is COc1ccc(OC)c(N(CC(=O)NN=C2CCN(Cc3ccccc3)CC2)S(=O)(=O)c2ccccc2)c1. The van der Waals surface area contributed by atoms with Crippen LogP contribution in [-0.4, -0.2) is 58.8 Å². The second-order valence-corrected chi connectivity index (χ2v) is 10.7. The van der Waals surface area contributed by atoms with Crippen LogP contribution in [0.25, 0.3) is 0 Å². The minimum atomic E-state index is -4.11. The number of likely N-dealkylation sites (tertiary alicyclic amines) is 1. The number of hydrazone groups is 1. The Morgan fingerprint density at radius 2 is 1.61 bits per heavy atom. The van der Waals surface area contributed by atoms with E-state index in [4.69, 9.17) is 9.47 Å². The molecule has 3 aromatic carbocycles. The molecule has 0 radical (unpaired) electrons. The molecule has 1 aliphatic heterocycles. The molecule has 0 unspecified atom stereocenters. The standard InChI is InChI=1S/C28H32N4O5S/c1-36-24-13-14-27(37-2)26(19-24)32(38(34,35)25-11-7-4-8-12-25)21-28(33)30-29-23-15-17-31(18-16-23)20-22-9-5-3-6-10-22/h3-14,19H,15-18,20-21H2,1-2H3,(H,30,33). The van der Waals surface area contributed by atoms with Crippen LogP contribution in [0.4, 0.5) is 5.69 Å². The number of nitrogens with zero attached hydrogens (tertiary/aromatic N) is 3. The second-order valence-electron chi connectivity index (χ2n) is 8.84. The first-order valence-electron chi connectivity index (χ1n) is 12.3. The number of nitrogens with one attached hydrogen (secondary N) is 1. The molecule has 1 fully saturated rings. The highest BCUT2D eigenvalue weighted by Gasteiger charge is 2.30. The van der Waals surface area contributed by atoms with Crippen LogP contribution in [0.5, 0.6) is 11.5 Å². The van der Waals surface area contributed by atoms with Crippen molar-refractivity contribution in [3.63, 3.8) is 0 Å². The summed E-state index contributed by atoms with van der Waals surface area (Å²) in [5, 5.41) is 4.32. The maximum Gasteiger partial charge on any atom is 0.264 e. The predicted molar refractivity (Wildman–Crippen MR) is 147 cm³/mol. The number of ether oxygens (including phenoxy) is 2. The van der Waals surface area contributed by atoms with Crippen LogP contribution in [0.3, 0.4) is 0 Å². The molecule has 1 amide bonds. The minimum absolute atomic E-state index is 0.0507. The third kappa shape index (κ3) is 6.70. The zero-order chi connectivity index (χ0) is 27.0. The molecule has 1 aliphatic rings. The number of amides is 1. The molecular formula is C28H32N4O5S. The lowest BCUT2D eigenvalue weighted by Crippen LogP contribution is -2.40. The molecule has 4 rings (SSSR count). The number of rotatable bonds is 10. The molecule has 1 heterocycles. The number of sulfonamides is 1. The zero-order valence-corrected chi connectivity index (χ0v) is 22.4. The number of benzene rings is 3. The van der Waals surface area contributed by atoms with Crippen molar-refractivity contribution in [3.8, 4) is 11.5 Å². The molecule has 9 nitrogen and oxygen atoms in total. The average molecular weight is 537 g/mol. The van der Waals surface area contributed by atoms with E-state index >= 15 is 0 Å². The molecule has 0 spiro atoms. The molecule has 1 saturated heterocycles. The van der Waals surface area contributed by atoms with E-state index in [-0.39, 0.29) is 16.3 Å². The summed E-state index contributed by atoms with van der Waals surface area (Å²) in [6.45, 7) is 2.05. The van der Waals surface area contributed by atoms with Crippen molar-refractivity contribution < 1.29 is 22.7 Å². The van der Waals surface area contributed by atoms with Gasteiger partial charge in [0, 0.05) is 44.3 Å². The van der Waals surface area contributed by atoms with Gasteiger partial charge in [0.1, 0.15) is 18.0 Å². The lowest BCUT2D eigenvalue weighted by atomic mass is 10.1. The monoisotopic (exact) mass is 536 g/mol. The fourth-order valence-electron chi connectivity index (χ4n) is 4.24. The Morgan fingerprint density at radius 3 is 2.24 bits per heavy atom. The molecule has 0 aromatic heterocycles. The first-order chi connectivity index (χ1) is 18.4. The van der Waals surface area contributed by atoms with Gasteiger partial charge >= 0.3 is 0 Å². The van der Waals surface area contributed by atoms with Gasteiger partial charge in [0.15, 0.2) is 0 Å². The van der Waals surface area contributed by atoms with Gasteiger partial charge in [-0.05, 0) is 29.8 Å². The van der Waals surface area contributed by atoms with Crippen molar-refractivity contribution >= 4 is 27.3 Å². The van der Waals surface area contributed by atoms with E-state index in [1.807, 2.05) is 18.2 Å². The van der Waals surface area contributed by atoms with Crippen LogP contribution in [0.15, 0.2) is 88.9 Å². The topological polar surface area (TPSA) is 101 Å². The van der Waals surface area contributed by atoms with Gasteiger partial charge < -0.3 is 9.47 Å². The normalized spacial score (nSPS) is 14.0. The average Bonchev–Trinajstić information content (AvgIpc) is 2.96. The largest absolute Gasteiger partial charge is 0.497 e. The summed E-state index contributed by atoms with van der Waals surface area (Å²) in [7, 11) is -1.18. The van der Waals surface area contributed by atoms with E-state index in [1.54, 1.807) is 30.3 Å². The third-order valence-electron chi connectivity index (χ3n) is 6.29. The van der Waals surface area contributed by atoms with Gasteiger partial charge in [-0.1, -0.05) is 48.5 Å². The van der Waals surface area contributed by atoms with Crippen LogP contribution in [0.1, 0.15) is 18.4 Å². The first-order valence-corrected chi connectivity index (χ1v) is 13.7. The highest BCUT2D eigenvalue weighted by molar-refractivity contribution is 7.92. The molecular weight excluding hydrogens is 504 g/mol. The smallest absolute Gasteiger partial charge is 0.264 e. The van der Waals surface area contributed by atoms with Crippen molar-refractivity contribution in [2.45, 2.75) is 24.3 Å². The molecule has 3 aromatic rings. The Labute approximate surface area is 223 Å². The number of carbonyl (C=O) groups excluding carboxylic acids is 1. The summed E-state index contributed by atoms with van der Waals surface area (Å²) in [6, 6.07) is 23.0. The Kier molecular flexibility index (Phi) is 8.98. The Bertz CT molecular complexity index is 1350. The highest BCUT2D eigenvalue weighted by Crippen LogP contribution is 2.35. The fourth-order valence-corrected chi connectivity index (χ4v) is 5.69. The van der Waals surface area contributed by atoms with E-state index in [1.165, 1.54) is 38.0 Å². The number of methoxy groups -OCH3 is 2. The Hall–Kier alpha value is -3.89.